The van der Waals surface area contributed by atoms with Crippen molar-refractivity contribution < 1.29 is 19.1 Å². The zero-order valence-electron chi connectivity index (χ0n) is 16.8. The maximum atomic E-state index is 13.0. The number of anilines is 2. The molecule has 0 unspecified atom stereocenters. The van der Waals surface area contributed by atoms with E-state index in [2.05, 4.69) is 15.7 Å². The fraction of sp³-hybridized carbons (Fsp3) is 0.286. The Morgan fingerprint density at radius 3 is 2.53 bits per heavy atom. The van der Waals surface area contributed by atoms with Crippen LogP contribution in [-0.4, -0.2) is 48.5 Å². The summed E-state index contributed by atoms with van der Waals surface area (Å²) in [5.41, 5.74) is 3.14. The Balaban J connectivity index is 1.49. The van der Waals surface area contributed by atoms with Gasteiger partial charge in [0.05, 0.1) is 12.8 Å². The Hall–Kier alpha value is -3.75. The molecule has 154 valence electrons. The van der Waals surface area contributed by atoms with E-state index in [1.165, 1.54) is 12.1 Å². The lowest BCUT2D eigenvalue weighted by Crippen LogP contribution is -2.43. The number of hydrogen-bond donors (Lipinski definition) is 1. The number of nitrogens with zero attached hydrogens (tertiary/aromatic N) is 4. The predicted octanol–water partition coefficient (Wildman–Crippen LogP) is 2.24. The van der Waals surface area contributed by atoms with Gasteiger partial charge in [0.15, 0.2) is 12.1 Å². The van der Waals surface area contributed by atoms with E-state index in [9.17, 15) is 14.4 Å². The highest BCUT2D eigenvalue weighted by molar-refractivity contribution is 6.25. The second kappa shape index (κ2) is 7.58. The standard InChI is InChI=1S/C21H21N5O4/c1-12-5-4-6-16(13(12)2)22-17(27)11-25-19-18(23-24-25)20(28)26(21(19)29)14-7-9-15(30-3)10-8-14/h4-10,18-19H,11H2,1-3H3,(H,22,27)/t18-,19-/m0/s1. The van der Waals surface area contributed by atoms with Gasteiger partial charge in [-0.05, 0) is 55.3 Å². The number of imide groups is 1. The van der Waals surface area contributed by atoms with Crippen LogP contribution in [0.4, 0.5) is 11.4 Å². The lowest BCUT2D eigenvalue weighted by Gasteiger charge is -2.20. The van der Waals surface area contributed by atoms with Crippen molar-refractivity contribution in [3.63, 3.8) is 0 Å². The first-order chi connectivity index (χ1) is 14.4. The van der Waals surface area contributed by atoms with Gasteiger partial charge in [-0.3, -0.25) is 19.4 Å². The Labute approximate surface area is 173 Å². The Bertz CT molecular complexity index is 1050. The highest BCUT2D eigenvalue weighted by Gasteiger charge is 2.55. The summed E-state index contributed by atoms with van der Waals surface area (Å²) in [4.78, 5) is 39.4. The Kier molecular flexibility index (Phi) is 4.94. The first-order valence-electron chi connectivity index (χ1n) is 9.46. The van der Waals surface area contributed by atoms with Crippen molar-refractivity contribution in [1.29, 1.82) is 0 Å². The fourth-order valence-corrected chi connectivity index (χ4v) is 3.56. The number of benzene rings is 2. The van der Waals surface area contributed by atoms with Crippen LogP contribution < -0.4 is 15.0 Å². The summed E-state index contributed by atoms with van der Waals surface area (Å²) >= 11 is 0. The van der Waals surface area contributed by atoms with Crippen LogP contribution in [0, 0.1) is 13.8 Å². The van der Waals surface area contributed by atoms with E-state index in [1.807, 2.05) is 32.0 Å². The average molecular weight is 407 g/mol. The summed E-state index contributed by atoms with van der Waals surface area (Å²) < 4.78 is 5.11. The van der Waals surface area contributed by atoms with Crippen molar-refractivity contribution in [2.24, 2.45) is 10.3 Å². The van der Waals surface area contributed by atoms with E-state index in [-0.39, 0.29) is 12.5 Å². The van der Waals surface area contributed by atoms with Crippen molar-refractivity contribution in [1.82, 2.24) is 5.01 Å². The molecular weight excluding hydrogens is 386 g/mol. The van der Waals surface area contributed by atoms with E-state index < -0.39 is 23.9 Å². The molecule has 1 saturated heterocycles. The van der Waals surface area contributed by atoms with Gasteiger partial charge in [-0.1, -0.05) is 17.4 Å². The number of methoxy groups -OCH3 is 1. The van der Waals surface area contributed by atoms with Gasteiger partial charge in [0.25, 0.3) is 11.8 Å². The molecule has 1 N–H and O–H groups in total. The fourth-order valence-electron chi connectivity index (χ4n) is 3.56. The van der Waals surface area contributed by atoms with E-state index in [4.69, 9.17) is 4.74 Å². The smallest absolute Gasteiger partial charge is 0.263 e. The van der Waals surface area contributed by atoms with Crippen molar-refractivity contribution in [3.8, 4) is 5.75 Å². The number of carbonyl (C=O) groups excluding carboxylic acids is 3. The molecule has 0 aliphatic carbocycles. The number of rotatable bonds is 5. The maximum Gasteiger partial charge on any atom is 0.263 e. The average Bonchev–Trinajstić information content (AvgIpc) is 3.25. The molecule has 0 saturated carbocycles. The van der Waals surface area contributed by atoms with E-state index in [1.54, 1.807) is 24.3 Å². The van der Waals surface area contributed by atoms with Crippen molar-refractivity contribution in [2.45, 2.75) is 25.9 Å². The zero-order valence-corrected chi connectivity index (χ0v) is 16.8. The number of hydrogen-bond acceptors (Lipinski definition) is 7. The third kappa shape index (κ3) is 3.28. The molecule has 0 aromatic heterocycles. The van der Waals surface area contributed by atoms with Gasteiger partial charge < -0.3 is 10.1 Å². The van der Waals surface area contributed by atoms with Crippen LogP contribution in [0.3, 0.4) is 0 Å². The molecule has 9 heteroatoms. The second-order valence-electron chi connectivity index (χ2n) is 7.20. The Morgan fingerprint density at radius 1 is 1.10 bits per heavy atom. The molecule has 0 spiro atoms. The molecule has 9 nitrogen and oxygen atoms in total. The van der Waals surface area contributed by atoms with Crippen LogP contribution in [0.5, 0.6) is 5.75 Å². The van der Waals surface area contributed by atoms with Crippen molar-refractivity contribution in [2.75, 3.05) is 23.9 Å². The van der Waals surface area contributed by atoms with E-state index in [0.29, 0.717) is 17.1 Å². The monoisotopic (exact) mass is 407 g/mol. The van der Waals surface area contributed by atoms with Crippen LogP contribution in [0.25, 0.3) is 0 Å². The van der Waals surface area contributed by atoms with Crippen LogP contribution >= 0.6 is 0 Å². The quantitative estimate of drug-likeness (QED) is 0.766. The second-order valence-corrected chi connectivity index (χ2v) is 7.20. The van der Waals surface area contributed by atoms with Gasteiger partial charge in [0.1, 0.15) is 12.3 Å². The minimum Gasteiger partial charge on any atom is -0.497 e. The van der Waals surface area contributed by atoms with E-state index in [0.717, 1.165) is 16.0 Å². The van der Waals surface area contributed by atoms with E-state index >= 15 is 0 Å². The summed E-state index contributed by atoms with van der Waals surface area (Å²) in [6.07, 6.45) is 0. The number of ether oxygens (including phenoxy) is 1. The summed E-state index contributed by atoms with van der Waals surface area (Å²) in [6, 6.07) is 10.3. The SMILES string of the molecule is COc1ccc(N2C(=O)[C@H]3N=NN(CC(=O)Nc4cccc(C)c4C)[C@@H]3C2=O)cc1. The van der Waals surface area contributed by atoms with Crippen LogP contribution in [0.1, 0.15) is 11.1 Å². The summed E-state index contributed by atoms with van der Waals surface area (Å²) in [5, 5.41) is 12.0. The minimum absolute atomic E-state index is 0.187. The van der Waals surface area contributed by atoms with Crippen LogP contribution in [0.15, 0.2) is 52.8 Å². The highest BCUT2D eigenvalue weighted by atomic mass is 16.5. The molecule has 2 atom stereocenters. The third-order valence-corrected chi connectivity index (χ3v) is 5.37. The number of nitrogens with one attached hydrogen (secondary N) is 1. The van der Waals surface area contributed by atoms with Crippen molar-refractivity contribution in [3.05, 3.63) is 53.6 Å². The lowest BCUT2D eigenvalue weighted by atomic mass is 10.1. The number of fused-ring (bicyclic) bond motifs is 1. The van der Waals surface area contributed by atoms with Crippen LogP contribution in [-0.2, 0) is 14.4 Å². The minimum atomic E-state index is -0.951. The zero-order chi connectivity index (χ0) is 21.4. The first-order valence-corrected chi connectivity index (χ1v) is 9.46. The molecule has 30 heavy (non-hydrogen) atoms. The molecule has 2 heterocycles. The molecule has 2 aromatic rings. The molecule has 2 aliphatic heterocycles. The topological polar surface area (TPSA) is 104 Å². The van der Waals surface area contributed by atoms with Gasteiger partial charge in [0.2, 0.25) is 5.91 Å². The van der Waals surface area contributed by atoms with Gasteiger partial charge in [-0.2, -0.15) is 5.11 Å². The highest BCUT2D eigenvalue weighted by Crippen LogP contribution is 2.32. The van der Waals surface area contributed by atoms with Crippen LogP contribution in [0.2, 0.25) is 0 Å². The van der Waals surface area contributed by atoms with Gasteiger partial charge in [-0.25, -0.2) is 4.90 Å². The molecule has 4 rings (SSSR count). The molecule has 3 amide bonds. The number of aryl methyl sites for hydroxylation is 1. The molecule has 0 bridgehead atoms. The molecule has 0 radical (unpaired) electrons. The molecule has 2 aromatic carbocycles. The lowest BCUT2D eigenvalue weighted by molar-refractivity contribution is -0.123. The molecular formula is C21H21N5O4. The van der Waals surface area contributed by atoms with Gasteiger partial charge >= 0.3 is 0 Å². The summed E-state index contributed by atoms with van der Waals surface area (Å²) in [7, 11) is 1.53. The Morgan fingerprint density at radius 2 is 1.83 bits per heavy atom. The van der Waals surface area contributed by atoms with Gasteiger partial charge in [-0.15, -0.1) is 0 Å². The molecule has 1 fully saturated rings. The number of carbonyl (C=O) groups is 3. The largest absolute Gasteiger partial charge is 0.497 e. The van der Waals surface area contributed by atoms with Gasteiger partial charge in [0, 0.05) is 5.69 Å². The summed E-state index contributed by atoms with van der Waals surface area (Å²) in [6.45, 7) is 3.69. The first kappa shape index (κ1) is 19.6. The maximum absolute atomic E-state index is 13.0. The molecule has 2 aliphatic rings. The normalized spacial score (nSPS) is 20.0. The summed E-state index contributed by atoms with van der Waals surface area (Å²) in [5.74, 6) is -0.648. The third-order valence-electron chi connectivity index (χ3n) is 5.37. The predicted molar refractivity (Wildman–Crippen MR) is 109 cm³/mol. The number of amides is 3. The van der Waals surface area contributed by atoms with Crippen molar-refractivity contribution >= 4 is 29.1 Å².